The van der Waals surface area contributed by atoms with E-state index in [2.05, 4.69) is 9.88 Å². The van der Waals surface area contributed by atoms with Gasteiger partial charge in [-0.2, -0.15) is 4.98 Å². The second kappa shape index (κ2) is 4.30. The molecular weight excluding hydrogens is 234 g/mol. The zero-order chi connectivity index (χ0) is 12.5. The number of aromatic nitrogens is 2. The quantitative estimate of drug-likeness (QED) is 0.781. The van der Waals surface area contributed by atoms with Gasteiger partial charge in [-0.25, -0.2) is 0 Å². The van der Waals surface area contributed by atoms with Crippen LogP contribution in [-0.4, -0.2) is 40.8 Å². The van der Waals surface area contributed by atoms with Crippen LogP contribution in [0, 0.1) is 0 Å². The number of pyridine rings is 1. The first kappa shape index (κ1) is 11.0. The molecule has 1 aliphatic heterocycles. The fourth-order valence-corrected chi connectivity index (χ4v) is 2.09. The van der Waals surface area contributed by atoms with Crippen LogP contribution in [0.5, 0.6) is 5.88 Å². The molecule has 1 N–H and O–H groups in total. The second-order valence-electron chi connectivity index (χ2n) is 4.17. The van der Waals surface area contributed by atoms with Gasteiger partial charge in [0.05, 0.1) is 25.0 Å². The van der Waals surface area contributed by atoms with Crippen molar-refractivity contribution in [1.29, 1.82) is 0 Å². The van der Waals surface area contributed by atoms with E-state index in [4.69, 9.17) is 4.74 Å². The fourth-order valence-electron chi connectivity index (χ4n) is 2.09. The lowest BCUT2D eigenvalue weighted by Gasteiger charge is -2.28. The summed E-state index contributed by atoms with van der Waals surface area (Å²) < 4.78 is 6.73. The number of anilines is 1. The number of hydrogen-bond acceptors (Lipinski definition) is 5. The van der Waals surface area contributed by atoms with Gasteiger partial charge < -0.3 is 14.7 Å². The topological polar surface area (TPSA) is 67.1 Å². The number of morpholine rings is 1. The monoisotopic (exact) mass is 247 g/mol. The zero-order valence-corrected chi connectivity index (χ0v) is 9.74. The van der Waals surface area contributed by atoms with E-state index in [0.29, 0.717) is 18.9 Å². The van der Waals surface area contributed by atoms with E-state index in [1.807, 2.05) is 6.07 Å². The maximum atomic E-state index is 11.8. The Morgan fingerprint density at radius 2 is 2.06 bits per heavy atom. The largest absolute Gasteiger partial charge is 0.493 e. The van der Waals surface area contributed by atoms with E-state index >= 15 is 0 Å². The Balaban J connectivity index is 2.07. The Kier molecular flexibility index (Phi) is 2.64. The van der Waals surface area contributed by atoms with Crippen molar-refractivity contribution < 1.29 is 9.84 Å². The molecule has 0 atom stereocenters. The van der Waals surface area contributed by atoms with Gasteiger partial charge in [0, 0.05) is 19.3 Å². The van der Waals surface area contributed by atoms with Crippen molar-refractivity contribution in [3.63, 3.8) is 0 Å². The summed E-state index contributed by atoms with van der Waals surface area (Å²) in [6, 6.07) is 4.73. The van der Waals surface area contributed by atoms with E-state index in [-0.39, 0.29) is 11.4 Å². The Labute approximate surface area is 103 Å². The fraction of sp³-hybridized carbons (Fsp3) is 0.333. The first-order chi connectivity index (χ1) is 8.74. The van der Waals surface area contributed by atoms with Crippen molar-refractivity contribution in [1.82, 2.24) is 9.38 Å². The van der Waals surface area contributed by atoms with Crippen molar-refractivity contribution >= 4 is 11.3 Å². The minimum atomic E-state index is -0.285. The van der Waals surface area contributed by atoms with E-state index < -0.39 is 0 Å². The van der Waals surface area contributed by atoms with Gasteiger partial charge >= 0.3 is 0 Å². The van der Waals surface area contributed by atoms with Crippen LogP contribution in [0.1, 0.15) is 0 Å². The maximum absolute atomic E-state index is 11.8. The lowest BCUT2D eigenvalue weighted by molar-refractivity contribution is 0.122. The van der Waals surface area contributed by atoms with Gasteiger partial charge in [-0.1, -0.05) is 0 Å². The molecule has 0 amide bonds. The van der Waals surface area contributed by atoms with E-state index in [0.717, 1.165) is 24.8 Å². The van der Waals surface area contributed by atoms with E-state index in [1.165, 1.54) is 4.40 Å². The summed E-state index contributed by atoms with van der Waals surface area (Å²) in [6.07, 6.45) is 1.75. The van der Waals surface area contributed by atoms with Gasteiger partial charge in [0.2, 0.25) is 5.88 Å². The molecular formula is C12H13N3O3. The molecule has 2 aromatic rings. The number of aromatic hydroxyl groups is 1. The summed E-state index contributed by atoms with van der Waals surface area (Å²) in [7, 11) is 0. The molecule has 0 unspecified atom stereocenters. The molecule has 1 fully saturated rings. The first-order valence-corrected chi connectivity index (χ1v) is 5.79. The average molecular weight is 247 g/mol. The number of nitrogens with zero attached hydrogens (tertiary/aromatic N) is 3. The molecule has 1 saturated heterocycles. The molecule has 6 nitrogen and oxygen atoms in total. The predicted molar refractivity (Wildman–Crippen MR) is 66.2 cm³/mol. The standard InChI is InChI=1S/C12H13N3O3/c16-11-7-12(17)15-8-9(1-2-10(15)13-11)14-3-5-18-6-4-14/h1-2,7-8,16H,3-6H2. The summed E-state index contributed by atoms with van der Waals surface area (Å²) in [5.41, 5.74) is 1.12. The van der Waals surface area contributed by atoms with Crippen molar-refractivity contribution in [2.24, 2.45) is 0 Å². The van der Waals surface area contributed by atoms with Crippen LogP contribution in [0.25, 0.3) is 5.65 Å². The number of fused-ring (bicyclic) bond motifs is 1. The molecule has 94 valence electrons. The molecule has 18 heavy (non-hydrogen) atoms. The minimum Gasteiger partial charge on any atom is -0.493 e. The smallest absolute Gasteiger partial charge is 0.261 e. The van der Waals surface area contributed by atoms with Crippen LogP contribution in [0.2, 0.25) is 0 Å². The highest BCUT2D eigenvalue weighted by atomic mass is 16.5. The highest BCUT2D eigenvalue weighted by Gasteiger charge is 2.12. The third kappa shape index (κ3) is 1.91. The minimum absolute atomic E-state index is 0.251. The molecule has 2 aromatic heterocycles. The van der Waals surface area contributed by atoms with E-state index in [9.17, 15) is 9.90 Å². The van der Waals surface area contributed by atoms with Crippen molar-refractivity contribution in [3.8, 4) is 5.88 Å². The van der Waals surface area contributed by atoms with Crippen LogP contribution in [0.4, 0.5) is 5.69 Å². The Morgan fingerprint density at radius 3 is 2.83 bits per heavy atom. The molecule has 0 bridgehead atoms. The molecule has 1 aliphatic rings. The second-order valence-corrected chi connectivity index (χ2v) is 4.17. The molecule has 0 aromatic carbocycles. The lowest BCUT2D eigenvalue weighted by Crippen LogP contribution is -2.36. The Hall–Kier alpha value is -2.08. The molecule has 3 rings (SSSR count). The van der Waals surface area contributed by atoms with Gasteiger partial charge in [0.25, 0.3) is 5.56 Å². The third-order valence-corrected chi connectivity index (χ3v) is 3.01. The number of hydrogen-bond donors (Lipinski definition) is 1. The van der Waals surface area contributed by atoms with Crippen LogP contribution >= 0.6 is 0 Å². The van der Waals surface area contributed by atoms with Crippen molar-refractivity contribution in [2.45, 2.75) is 0 Å². The van der Waals surface area contributed by atoms with E-state index in [1.54, 1.807) is 12.3 Å². The highest BCUT2D eigenvalue weighted by Crippen LogP contribution is 2.16. The molecule has 0 spiro atoms. The van der Waals surface area contributed by atoms with Crippen LogP contribution in [0.15, 0.2) is 29.2 Å². The normalized spacial score (nSPS) is 16.1. The SMILES string of the molecule is O=c1cc(O)nc2ccc(N3CCOCC3)cn12. The predicted octanol–water partition coefficient (Wildman–Crippen LogP) is 0.237. The lowest BCUT2D eigenvalue weighted by atomic mass is 10.3. The molecule has 0 radical (unpaired) electrons. The van der Waals surface area contributed by atoms with Crippen LogP contribution in [0.3, 0.4) is 0 Å². The zero-order valence-electron chi connectivity index (χ0n) is 9.74. The molecule has 6 heteroatoms. The Bertz CT molecular complexity index is 632. The third-order valence-electron chi connectivity index (χ3n) is 3.01. The summed E-state index contributed by atoms with van der Waals surface area (Å²) in [6.45, 7) is 3.01. The van der Waals surface area contributed by atoms with Gasteiger partial charge in [-0.15, -0.1) is 0 Å². The number of rotatable bonds is 1. The summed E-state index contributed by atoms with van der Waals surface area (Å²) in [5.74, 6) is -0.251. The van der Waals surface area contributed by atoms with Gasteiger partial charge in [0.15, 0.2) is 0 Å². The van der Waals surface area contributed by atoms with Crippen LogP contribution in [-0.2, 0) is 4.74 Å². The Morgan fingerprint density at radius 1 is 1.28 bits per heavy atom. The maximum Gasteiger partial charge on any atom is 0.261 e. The molecule has 0 aliphatic carbocycles. The van der Waals surface area contributed by atoms with Gasteiger partial charge in [0.1, 0.15) is 5.65 Å². The van der Waals surface area contributed by atoms with Crippen LogP contribution < -0.4 is 10.5 Å². The van der Waals surface area contributed by atoms with Gasteiger partial charge in [-0.05, 0) is 12.1 Å². The summed E-state index contributed by atoms with van der Waals surface area (Å²) in [4.78, 5) is 17.8. The average Bonchev–Trinajstić information content (AvgIpc) is 2.39. The van der Waals surface area contributed by atoms with Crippen molar-refractivity contribution in [3.05, 3.63) is 34.7 Å². The molecule has 0 saturated carbocycles. The van der Waals surface area contributed by atoms with Gasteiger partial charge in [-0.3, -0.25) is 9.20 Å². The first-order valence-electron chi connectivity index (χ1n) is 5.79. The summed E-state index contributed by atoms with van der Waals surface area (Å²) in [5, 5.41) is 9.28. The highest BCUT2D eigenvalue weighted by molar-refractivity contribution is 5.52. The molecule has 3 heterocycles. The number of ether oxygens (including phenoxy) is 1. The van der Waals surface area contributed by atoms with Crippen molar-refractivity contribution in [2.75, 3.05) is 31.2 Å². The summed E-state index contributed by atoms with van der Waals surface area (Å²) >= 11 is 0.